The summed E-state index contributed by atoms with van der Waals surface area (Å²) in [5.74, 6) is -0.723. The number of nitrogens with zero attached hydrogens (tertiary/aromatic N) is 1. The third-order valence-corrected chi connectivity index (χ3v) is 5.85. The van der Waals surface area contributed by atoms with E-state index < -0.39 is 15.9 Å². The summed E-state index contributed by atoms with van der Waals surface area (Å²) in [7, 11) is -3.65. The summed E-state index contributed by atoms with van der Waals surface area (Å²) in [5, 5.41) is 5.18. The van der Waals surface area contributed by atoms with Gasteiger partial charge in [-0.05, 0) is 52.0 Å². The Balaban J connectivity index is 2.03. The lowest BCUT2D eigenvalue weighted by molar-refractivity contribution is -0.120. The predicted molar refractivity (Wildman–Crippen MR) is 101 cm³/mol. The second kappa shape index (κ2) is 8.81. The number of nitrogens with one attached hydrogen (secondary N) is 2. The standard InChI is InChI=1S/C18H27N3O5S/c1-12(2)20-17(22)9-19-18(23)15-5-7-16(8-6-15)27(24,25)21-10-13(3)26-14(4)11-21/h5-8,12-14H,9-11H2,1-4H3,(H,19,23)(H,20,22)/t13-,14-/m0/s1. The van der Waals surface area contributed by atoms with Gasteiger partial charge in [0, 0.05) is 24.7 Å². The minimum Gasteiger partial charge on any atom is -0.373 e. The van der Waals surface area contributed by atoms with Crippen LogP contribution >= 0.6 is 0 Å². The van der Waals surface area contributed by atoms with Gasteiger partial charge < -0.3 is 15.4 Å². The third-order valence-electron chi connectivity index (χ3n) is 4.00. The van der Waals surface area contributed by atoms with E-state index in [0.717, 1.165) is 0 Å². The van der Waals surface area contributed by atoms with Crippen molar-refractivity contribution >= 4 is 21.8 Å². The van der Waals surface area contributed by atoms with Crippen LogP contribution in [0.3, 0.4) is 0 Å². The van der Waals surface area contributed by atoms with Gasteiger partial charge in [-0.15, -0.1) is 0 Å². The van der Waals surface area contributed by atoms with Gasteiger partial charge in [0.15, 0.2) is 0 Å². The molecular weight excluding hydrogens is 370 g/mol. The van der Waals surface area contributed by atoms with Crippen molar-refractivity contribution in [3.63, 3.8) is 0 Å². The molecule has 0 aliphatic carbocycles. The van der Waals surface area contributed by atoms with Crippen LogP contribution in [0.4, 0.5) is 0 Å². The first-order chi connectivity index (χ1) is 12.6. The number of hydrogen-bond acceptors (Lipinski definition) is 5. The summed E-state index contributed by atoms with van der Waals surface area (Å²) in [6, 6.07) is 5.68. The molecule has 0 bridgehead atoms. The van der Waals surface area contributed by atoms with Crippen molar-refractivity contribution in [1.29, 1.82) is 0 Å². The average molecular weight is 397 g/mol. The first-order valence-electron chi connectivity index (χ1n) is 8.93. The molecule has 0 unspecified atom stereocenters. The van der Waals surface area contributed by atoms with E-state index in [2.05, 4.69) is 10.6 Å². The minimum atomic E-state index is -3.65. The van der Waals surface area contributed by atoms with Crippen molar-refractivity contribution in [2.45, 2.75) is 50.8 Å². The molecule has 1 aliphatic heterocycles. The molecule has 2 rings (SSSR count). The van der Waals surface area contributed by atoms with Crippen molar-refractivity contribution in [3.8, 4) is 0 Å². The largest absolute Gasteiger partial charge is 0.373 e. The molecule has 0 radical (unpaired) electrons. The molecule has 0 aromatic heterocycles. The Morgan fingerprint density at radius 1 is 1.15 bits per heavy atom. The molecule has 8 nitrogen and oxygen atoms in total. The van der Waals surface area contributed by atoms with E-state index in [-0.39, 0.29) is 41.2 Å². The molecule has 1 aliphatic rings. The molecule has 2 N–H and O–H groups in total. The van der Waals surface area contributed by atoms with Crippen molar-refractivity contribution < 1.29 is 22.7 Å². The Morgan fingerprint density at radius 3 is 2.22 bits per heavy atom. The summed E-state index contributed by atoms with van der Waals surface area (Å²) in [6.45, 7) is 7.77. The molecule has 1 fully saturated rings. The maximum atomic E-state index is 12.8. The lowest BCUT2D eigenvalue weighted by atomic mass is 10.2. The van der Waals surface area contributed by atoms with Crippen LogP contribution in [0.25, 0.3) is 0 Å². The number of amides is 2. The monoisotopic (exact) mass is 397 g/mol. The average Bonchev–Trinajstić information content (AvgIpc) is 2.58. The predicted octanol–water partition coefficient (Wildman–Crippen LogP) is 0.739. The van der Waals surface area contributed by atoms with Crippen LogP contribution in [-0.2, 0) is 19.6 Å². The summed E-state index contributed by atoms with van der Waals surface area (Å²) in [4.78, 5) is 23.8. The molecule has 9 heteroatoms. The highest BCUT2D eigenvalue weighted by atomic mass is 32.2. The van der Waals surface area contributed by atoms with Gasteiger partial charge in [0.25, 0.3) is 5.91 Å². The van der Waals surface area contributed by atoms with Crippen LogP contribution in [-0.4, -0.2) is 62.4 Å². The number of ether oxygens (including phenoxy) is 1. The quantitative estimate of drug-likeness (QED) is 0.737. The number of carbonyl (C=O) groups excluding carboxylic acids is 2. The SMILES string of the molecule is CC(C)NC(=O)CNC(=O)c1ccc(S(=O)(=O)N2C[C@H](C)O[C@@H](C)C2)cc1. The molecular formula is C18H27N3O5S. The molecule has 1 heterocycles. The Kier molecular flexibility index (Phi) is 6.96. The van der Waals surface area contributed by atoms with E-state index in [1.807, 2.05) is 27.7 Å². The van der Waals surface area contributed by atoms with E-state index in [1.165, 1.54) is 28.6 Å². The van der Waals surface area contributed by atoms with Gasteiger partial charge in [-0.25, -0.2) is 8.42 Å². The van der Waals surface area contributed by atoms with Gasteiger partial charge in [-0.3, -0.25) is 9.59 Å². The maximum absolute atomic E-state index is 12.8. The van der Waals surface area contributed by atoms with E-state index in [0.29, 0.717) is 13.1 Å². The molecule has 1 saturated heterocycles. The van der Waals surface area contributed by atoms with Gasteiger partial charge >= 0.3 is 0 Å². The third kappa shape index (κ3) is 5.75. The molecule has 1 aromatic carbocycles. The van der Waals surface area contributed by atoms with Crippen molar-refractivity contribution in [3.05, 3.63) is 29.8 Å². The van der Waals surface area contributed by atoms with Crippen LogP contribution in [0.1, 0.15) is 38.1 Å². The highest BCUT2D eigenvalue weighted by molar-refractivity contribution is 7.89. The number of morpholine rings is 1. The van der Waals surface area contributed by atoms with Gasteiger partial charge in [-0.2, -0.15) is 4.31 Å². The van der Waals surface area contributed by atoms with Crippen LogP contribution in [0, 0.1) is 0 Å². The van der Waals surface area contributed by atoms with Gasteiger partial charge in [0.05, 0.1) is 23.6 Å². The zero-order valence-corrected chi connectivity index (χ0v) is 16.9. The molecule has 0 spiro atoms. The Labute approximate surface area is 160 Å². The van der Waals surface area contributed by atoms with E-state index in [9.17, 15) is 18.0 Å². The van der Waals surface area contributed by atoms with Crippen LogP contribution in [0.15, 0.2) is 29.2 Å². The smallest absolute Gasteiger partial charge is 0.251 e. The lowest BCUT2D eigenvalue weighted by Crippen LogP contribution is -2.48. The van der Waals surface area contributed by atoms with E-state index in [4.69, 9.17) is 4.74 Å². The summed E-state index contributed by atoms with van der Waals surface area (Å²) < 4.78 is 32.6. The van der Waals surface area contributed by atoms with Gasteiger partial charge in [-0.1, -0.05) is 0 Å². The zero-order chi connectivity index (χ0) is 20.2. The van der Waals surface area contributed by atoms with Crippen molar-refractivity contribution in [2.24, 2.45) is 0 Å². The minimum absolute atomic E-state index is 0.00971. The fourth-order valence-electron chi connectivity index (χ4n) is 2.89. The fraction of sp³-hybridized carbons (Fsp3) is 0.556. The fourth-order valence-corrected chi connectivity index (χ4v) is 4.48. The van der Waals surface area contributed by atoms with Crippen LogP contribution in [0.5, 0.6) is 0 Å². The summed E-state index contributed by atoms with van der Waals surface area (Å²) >= 11 is 0. The number of benzene rings is 1. The van der Waals surface area contributed by atoms with E-state index >= 15 is 0 Å². The normalized spacial score (nSPS) is 21.1. The Morgan fingerprint density at radius 2 is 1.70 bits per heavy atom. The van der Waals surface area contributed by atoms with Gasteiger partial charge in [0.2, 0.25) is 15.9 Å². The Bertz CT molecular complexity index is 767. The zero-order valence-electron chi connectivity index (χ0n) is 16.1. The molecule has 27 heavy (non-hydrogen) atoms. The highest BCUT2D eigenvalue weighted by Gasteiger charge is 2.32. The highest BCUT2D eigenvalue weighted by Crippen LogP contribution is 2.21. The van der Waals surface area contributed by atoms with Gasteiger partial charge in [0.1, 0.15) is 0 Å². The van der Waals surface area contributed by atoms with E-state index in [1.54, 1.807) is 0 Å². The van der Waals surface area contributed by atoms with Crippen molar-refractivity contribution in [2.75, 3.05) is 19.6 Å². The number of sulfonamides is 1. The summed E-state index contributed by atoms with van der Waals surface area (Å²) in [6.07, 6.45) is -0.351. The topological polar surface area (TPSA) is 105 Å². The summed E-state index contributed by atoms with van der Waals surface area (Å²) in [5.41, 5.74) is 0.287. The second-order valence-corrected chi connectivity index (χ2v) is 8.95. The first kappa shape index (κ1) is 21.3. The molecule has 0 saturated carbocycles. The molecule has 1 aromatic rings. The van der Waals surface area contributed by atoms with Crippen LogP contribution < -0.4 is 10.6 Å². The van der Waals surface area contributed by atoms with Crippen LogP contribution in [0.2, 0.25) is 0 Å². The lowest BCUT2D eigenvalue weighted by Gasteiger charge is -2.34. The molecule has 150 valence electrons. The number of rotatable bonds is 6. The number of carbonyl (C=O) groups is 2. The molecule has 2 atom stereocenters. The number of hydrogen-bond donors (Lipinski definition) is 2. The molecule has 2 amide bonds. The second-order valence-electron chi connectivity index (χ2n) is 7.01. The first-order valence-corrected chi connectivity index (χ1v) is 10.4. The maximum Gasteiger partial charge on any atom is 0.251 e. The van der Waals surface area contributed by atoms with Crippen molar-refractivity contribution in [1.82, 2.24) is 14.9 Å². The Hall–Kier alpha value is -1.97.